The first-order valence-corrected chi connectivity index (χ1v) is 6.14. The van der Waals surface area contributed by atoms with Crippen molar-refractivity contribution in [3.63, 3.8) is 0 Å². The second kappa shape index (κ2) is 4.33. The van der Waals surface area contributed by atoms with Crippen LogP contribution in [0.4, 0.5) is 6.01 Å². The number of hydrogen-bond donors (Lipinski definition) is 2. The van der Waals surface area contributed by atoms with Gasteiger partial charge in [-0.3, -0.25) is 4.79 Å². The first kappa shape index (κ1) is 11.1. The average Bonchev–Trinajstić information content (AvgIpc) is 2.76. The third kappa shape index (κ3) is 1.92. The van der Waals surface area contributed by atoms with Crippen LogP contribution in [0.3, 0.4) is 0 Å². The summed E-state index contributed by atoms with van der Waals surface area (Å²) in [6.07, 6.45) is 1.78. The molecule has 5 nitrogen and oxygen atoms in total. The average molecular weight is 245 g/mol. The van der Waals surface area contributed by atoms with Crippen molar-refractivity contribution >= 4 is 23.0 Å². The second-order valence-electron chi connectivity index (χ2n) is 4.57. The van der Waals surface area contributed by atoms with E-state index in [9.17, 15) is 4.79 Å². The number of amides is 1. The fourth-order valence-electron chi connectivity index (χ4n) is 2.21. The lowest BCUT2D eigenvalue weighted by atomic mass is 10.1. The van der Waals surface area contributed by atoms with Gasteiger partial charge in [-0.2, -0.15) is 4.98 Å². The number of benzene rings is 1. The molecule has 1 aliphatic heterocycles. The number of nitrogens with one attached hydrogen (secondary N) is 2. The lowest BCUT2D eigenvalue weighted by Crippen LogP contribution is -2.44. The van der Waals surface area contributed by atoms with Gasteiger partial charge in [0.05, 0.1) is 0 Å². The highest BCUT2D eigenvalue weighted by molar-refractivity contribution is 5.85. The van der Waals surface area contributed by atoms with E-state index < -0.39 is 0 Å². The number of rotatable bonds is 2. The van der Waals surface area contributed by atoms with Crippen LogP contribution < -0.4 is 10.6 Å². The number of piperidine rings is 1. The molecule has 0 unspecified atom stereocenters. The highest BCUT2D eigenvalue weighted by atomic mass is 16.4. The van der Waals surface area contributed by atoms with E-state index in [-0.39, 0.29) is 11.9 Å². The Labute approximate surface area is 105 Å². The first-order chi connectivity index (χ1) is 8.74. The zero-order valence-electron chi connectivity index (χ0n) is 10.2. The minimum atomic E-state index is -0.243. The Morgan fingerprint density at radius 3 is 3.17 bits per heavy atom. The third-order valence-corrected chi connectivity index (χ3v) is 3.20. The van der Waals surface area contributed by atoms with Gasteiger partial charge in [0.2, 0.25) is 5.91 Å². The molecule has 1 saturated heterocycles. The van der Waals surface area contributed by atoms with E-state index in [1.165, 1.54) is 0 Å². The standard InChI is InChI=1S/C13H15N3O2/c1-8-4-2-6-10-11(8)16-13(18-10)15-9-5-3-7-14-12(9)17/h2,4,6,9H,3,5,7H2,1H3,(H,14,17)(H,15,16)/t9-/m0/s1. The molecule has 0 aliphatic carbocycles. The Morgan fingerprint density at radius 2 is 2.39 bits per heavy atom. The van der Waals surface area contributed by atoms with Crippen LogP contribution in [0, 0.1) is 6.92 Å². The summed E-state index contributed by atoms with van der Waals surface area (Å²) in [5, 5.41) is 5.88. The molecule has 2 N–H and O–H groups in total. The Morgan fingerprint density at radius 1 is 1.50 bits per heavy atom. The number of aryl methyl sites for hydroxylation is 1. The zero-order chi connectivity index (χ0) is 12.5. The molecule has 0 bridgehead atoms. The van der Waals surface area contributed by atoms with E-state index >= 15 is 0 Å². The minimum Gasteiger partial charge on any atom is -0.424 e. The Kier molecular flexibility index (Phi) is 2.66. The molecule has 94 valence electrons. The zero-order valence-corrected chi connectivity index (χ0v) is 10.2. The molecule has 0 spiro atoms. The molecule has 0 saturated carbocycles. The molecule has 1 atom stereocenters. The van der Waals surface area contributed by atoms with Crippen molar-refractivity contribution in [2.24, 2.45) is 0 Å². The maximum atomic E-state index is 11.6. The first-order valence-electron chi connectivity index (χ1n) is 6.14. The van der Waals surface area contributed by atoms with Gasteiger partial charge in [0, 0.05) is 6.54 Å². The summed E-state index contributed by atoms with van der Waals surface area (Å²) >= 11 is 0. The normalized spacial score (nSPS) is 19.8. The molecule has 0 radical (unpaired) electrons. The third-order valence-electron chi connectivity index (χ3n) is 3.20. The van der Waals surface area contributed by atoms with E-state index in [0.717, 1.165) is 36.0 Å². The number of fused-ring (bicyclic) bond motifs is 1. The van der Waals surface area contributed by atoms with Crippen LogP contribution >= 0.6 is 0 Å². The maximum Gasteiger partial charge on any atom is 0.296 e. The van der Waals surface area contributed by atoms with Crippen molar-refractivity contribution in [2.75, 3.05) is 11.9 Å². The summed E-state index contributed by atoms with van der Waals surface area (Å²) in [6, 6.07) is 5.97. The number of para-hydroxylation sites is 1. The van der Waals surface area contributed by atoms with Crippen molar-refractivity contribution < 1.29 is 9.21 Å². The van der Waals surface area contributed by atoms with Crippen LogP contribution in [0.2, 0.25) is 0 Å². The van der Waals surface area contributed by atoms with Crippen LogP contribution in [-0.2, 0) is 4.79 Å². The van der Waals surface area contributed by atoms with E-state index in [0.29, 0.717) is 6.01 Å². The summed E-state index contributed by atoms with van der Waals surface area (Å²) in [6.45, 7) is 2.74. The highest BCUT2D eigenvalue weighted by Gasteiger charge is 2.23. The predicted molar refractivity (Wildman–Crippen MR) is 68.4 cm³/mol. The lowest BCUT2D eigenvalue weighted by molar-refractivity contribution is -0.123. The Bertz CT molecular complexity index is 591. The molecule has 1 aromatic carbocycles. The van der Waals surface area contributed by atoms with Gasteiger partial charge in [-0.05, 0) is 31.4 Å². The number of anilines is 1. The summed E-state index contributed by atoms with van der Waals surface area (Å²) in [4.78, 5) is 16.0. The van der Waals surface area contributed by atoms with E-state index in [4.69, 9.17) is 4.42 Å². The molecular weight excluding hydrogens is 230 g/mol. The molecule has 1 aliphatic rings. The fourth-order valence-corrected chi connectivity index (χ4v) is 2.21. The van der Waals surface area contributed by atoms with E-state index in [2.05, 4.69) is 15.6 Å². The van der Waals surface area contributed by atoms with Crippen LogP contribution in [-0.4, -0.2) is 23.5 Å². The smallest absolute Gasteiger partial charge is 0.296 e. The predicted octanol–water partition coefficient (Wildman–Crippen LogP) is 1.83. The van der Waals surface area contributed by atoms with Gasteiger partial charge < -0.3 is 15.1 Å². The number of nitrogens with zero attached hydrogens (tertiary/aromatic N) is 1. The monoisotopic (exact) mass is 245 g/mol. The van der Waals surface area contributed by atoms with Gasteiger partial charge in [0.15, 0.2) is 5.58 Å². The van der Waals surface area contributed by atoms with Gasteiger partial charge in [0.1, 0.15) is 11.6 Å². The van der Waals surface area contributed by atoms with Crippen LogP contribution in [0.15, 0.2) is 22.6 Å². The Hall–Kier alpha value is -2.04. The number of carbonyl (C=O) groups is 1. The topological polar surface area (TPSA) is 67.2 Å². The van der Waals surface area contributed by atoms with Crippen molar-refractivity contribution in [3.8, 4) is 0 Å². The van der Waals surface area contributed by atoms with Crippen LogP contribution in [0.1, 0.15) is 18.4 Å². The SMILES string of the molecule is Cc1cccc2oc(N[C@H]3CCCNC3=O)nc12. The molecule has 5 heteroatoms. The molecule has 1 amide bonds. The van der Waals surface area contributed by atoms with Crippen molar-refractivity contribution in [2.45, 2.75) is 25.8 Å². The van der Waals surface area contributed by atoms with Crippen LogP contribution in [0.5, 0.6) is 0 Å². The van der Waals surface area contributed by atoms with E-state index in [1.54, 1.807) is 0 Å². The van der Waals surface area contributed by atoms with Crippen molar-refractivity contribution in [1.82, 2.24) is 10.3 Å². The summed E-state index contributed by atoms with van der Waals surface area (Å²) in [7, 11) is 0. The highest BCUT2D eigenvalue weighted by Crippen LogP contribution is 2.22. The maximum absolute atomic E-state index is 11.6. The van der Waals surface area contributed by atoms with Gasteiger partial charge in [-0.25, -0.2) is 0 Å². The van der Waals surface area contributed by atoms with Gasteiger partial charge >= 0.3 is 0 Å². The summed E-state index contributed by atoms with van der Waals surface area (Å²) in [5.41, 5.74) is 2.65. The summed E-state index contributed by atoms with van der Waals surface area (Å²) in [5.74, 6) is 0.0141. The van der Waals surface area contributed by atoms with Crippen molar-refractivity contribution in [1.29, 1.82) is 0 Å². The second-order valence-corrected chi connectivity index (χ2v) is 4.57. The minimum absolute atomic E-state index is 0.0141. The molecule has 2 aromatic rings. The number of aromatic nitrogens is 1. The molecule has 2 heterocycles. The largest absolute Gasteiger partial charge is 0.424 e. The van der Waals surface area contributed by atoms with Crippen molar-refractivity contribution in [3.05, 3.63) is 23.8 Å². The Balaban J connectivity index is 1.86. The number of oxazole rings is 1. The number of hydrogen-bond acceptors (Lipinski definition) is 4. The molecule has 3 rings (SSSR count). The van der Waals surface area contributed by atoms with Crippen LogP contribution in [0.25, 0.3) is 11.1 Å². The molecular formula is C13H15N3O2. The molecule has 1 aromatic heterocycles. The van der Waals surface area contributed by atoms with Gasteiger partial charge in [-0.15, -0.1) is 0 Å². The van der Waals surface area contributed by atoms with Gasteiger partial charge in [-0.1, -0.05) is 12.1 Å². The lowest BCUT2D eigenvalue weighted by Gasteiger charge is -2.21. The quantitative estimate of drug-likeness (QED) is 0.847. The van der Waals surface area contributed by atoms with Gasteiger partial charge in [0.25, 0.3) is 6.01 Å². The fraction of sp³-hybridized carbons (Fsp3) is 0.385. The molecule has 18 heavy (non-hydrogen) atoms. The van der Waals surface area contributed by atoms with E-state index in [1.807, 2.05) is 25.1 Å². The summed E-state index contributed by atoms with van der Waals surface area (Å²) < 4.78 is 5.60. The molecule has 1 fully saturated rings. The number of carbonyl (C=O) groups excluding carboxylic acids is 1.